The molecule has 0 N–H and O–H groups in total. The molecule has 0 bridgehead atoms. The summed E-state index contributed by atoms with van der Waals surface area (Å²) in [6, 6.07) is 1.55. The van der Waals surface area contributed by atoms with Crippen molar-refractivity contribution in [2.75, 3.05) is 0 Å². The Morgan fingerprint density at radius 2 is 2.22 bits per heavy atom. The average Bonchev–Trinajstić information content (AvgIpc) is 2.85. The molecule has 1 atom stereocenters. The van der Waals surface area contributed by atoms with Crippen molar-refractivity contribution in [3.63, 3.8) is 0 Å². The first-order chi connectivity index (χ1) is 8.38. The van der Waals surface area contributed by atoms with Crippen LogP contribution in [0.25, 0.3) is 0 Å². The highest BCUT2D eigenvalue weighted by Gasteiger charge is 2.33. The standard InChI is InChI=1S/C10H8F3NO2S2/c1-6-7(2-3-16-6)18(15)5-9-14-8(4-17-9)10(11,12)13/h2-4H,5H2,1H3/t18-/m1/s1. The number of halogens is 3. The van der Waals surface area contributed by atoms with Gasteiger partial charge in [0.25, 0.3) is 0 Å². The summed E-state index contributed by atoms with van der Waals surface area (Å²) >= 11 is 0.853. The van der Waals surface area contributed by atoms with E-state index in [0.29, 0.717) is 10.7 Å². The Balaban J connectivity index is 2.13. The van der Waals surface area contributed by atoms with Crippen LogP contribution in [0.15, 0.2) is 27.0 Å². The summed E-state index contributed by atoms with van der Waals surface area (Å²) in [6.07, 6.45) is -3.06. The van der Waals surface area contributed by atoms with Gasteiger partial charge in [0, 0.05) is 5.38 Å². The van der Waals surface area contributed by atoms with Gasteiger partial charge in [0.1, 0.15) is 10.8 Å². The molecular weight excluding hydrogens is 287 g/mol. The van der Waals surface area contributed by atoms with Gasteiger partial charge >= 0.3 is 6.18 Å². The molecule has 0 radical (unpaired) electrons. The largest absolute Gasteiger partial charge is 0.468 e. The Hall–Kier alpha value is -1.15. The molecule has 0 fully saturated rings. The summed E-state index contributed by atoms with van der Waals surface area (Å²) in [5, 5.41) is 1.12. The van der Waals surface area contributed by atoms with Crippen LogP contribution in [-0.2, 0) is 22.7 Å². The zero-order chi connectivity index (χ0) is 13.3. The lowest BCUT2D eigenvalue weighted by molar-refractivity contribution is -0.140. The Morgan fingerprint density at radius 3 is 2.72 bits per heavy atom. The number of thiazole rings is 1. The molecule has 3 nitrogen and oxygen atoms in total. The van der Waals surface area contributed by atoms with Crippen LogP contribution in [0.3, 0.4) is 0 Å². The fourth-order valence-electron chi connectivity index (χ4n) is 1.31. The monoisotopic (exact) mass is 295 g/mol. The molecule has 0 unspecified atom stereocenters. The summed E-state index contributed by atoms with van der Waals surface area (Å²) in [4.78, 5) is 3.92. The smallest absolute Gasteiger partial charge is 0.434 e. The first-order valence-electron chi connectivity index (χ1n) is 4.82. The summed E-state index contributed by atoms with van der Waals surface area (Å²) < 4.78 is 53.9. The average molecular weight is 295 g/mol. The second-order valence-corrected chi connectivity index (χ2v) is 5.82. The normalized spacial score (nSPS) is 13.8. The molecule has 8 heteroatoms. The van der Waals surface area contributed by atoms with E-state index < -0.39 is 22.7 Å². The zero-order valence-corrected chi connectivity index (χ0v) is 10.8. The third-order valence-corrected chi connectivity index (χ3v) is 4.63. The molecule has 98 valence electrons. The van der Waals surface area contributed by atoms with Crippen LogP contribution >= 0.6 is 11.3 Å². The fraction of sp³-hybridized carbons (Fsp3) is 0.300. The van der Waals surface area contributed by atoms with E-state index in [4.69, 9.17) is 4.42 Å². The SMILES string of the molecule is Cc1occc1[S@](=O)Cc1nc(C(F)(F)F)cs1. The van der Waals surface area contributed by atoms with E-state index in [1.165, 1.54) is 6.26 Å². The van der Waals surface area contributed by atoms with Crippen LogP contribution in [0.1, 0.15) is 16.5 Å². The van der Waals surface area contributed by atoms with Crippen LogP contribution in [0.5, 0.6) is 0 Å². The number of nitrogens with zero attached hydrogens (tertiary/aromatic N) is 1. The number of alkyl halides is 3. The first-order valence-corrected chi connectivity index (χ1v) is 7.02. The minimum absolute atomic E-state index is 0.0406. The van der Waals surface area contributed by atoms with Gasteiger partial charge in [-0.05, 0) is 13.0 Å². The lowest BCUT2D eigenvalue weighted by atomic mass is 10.5. The number of furan rings is 1. The highest BCUT2D eigenvalue weighted by atomic mass is 32.2. The Labute approximate surface area is 107 Å². The maximum absolute atomic E-state index is 12.3. The minimum Gasteiger partial charge on any atom is -0.468 e. The predicted octanol–water partition coefficient (Wildman–Crippen LogP) is 3.37. The van der Waals surface area contributed by atoms with E-state index in [0.717, 1.165) is 16.7 Å². The summed E-state index contributed by atoms with van der Waals surface area (Å²) in [5.74, 6) is 0.460. The maximum Gasteiger partial charge on any atom is 0.434 e. The number of hydrogen-bond acceptors (Lipinski definition) is 4. The van der Waals surface area contributed by atoms with Crippen molar-refractivity contribution < 1.29 is 21.8 Å². The molecule has 0 saturated heterocycles. The highest BCUT2D eigenvalue weighted by molar-refractivity contribution is 7.84. The molecule has 0 aliphatic heterocycles. The molecule has 0 aliphatic carbocycles. The highest BCUT2D eigenvalue weighted by Crippen LogP contribution is 2.30. The van der Waals surface area contributed by atoms with Crippen LogP contribution in [0.4, 0.5) is 13.2 Å². The van der Waals surface area contributed by atoms with Crippen molar-refractivity contribution in [1.29, 1.82) is 0 Å². The Bertz CT molecular complexity index is 574. The van der Waals surface area contributed by atoms with Gasteiger partial charge in [0.05, 0.1) is 27.7 Å². The molecule has 2 aromatic heterocycles. The molecule has 2 aromatic rings. The predicted molar refractivity (Wildman–Crippen MR) is 60.7 cm³/mol. The second kappa shape index (κ2) is 4.85. The van der Waals surface area contributed by atoms with Gasteiger partial charge < -0.3 is 4.42 Å². The van der Waals surface area contributed by atoms with Gasteiger partial charge in [0.15, 0.2) is 5.69 Å². The van der Waals surface area contributed by atoms with Gasteiger partial charge in [-0.15, -0.1) is 11.3 Å². The lowest BCUT2D eigenvalue weighted by Gasteiger charge is -2.00. The molecular formula is C10H8F3NO2S2. The van der Waals surface area contributed by atoms with Crippen LogP contribution in [-0.4, -0.2) is 9.19 Å². The van der Waals surface area contributed by atoms with Crippen molar-refractivity contribution >= 4 is 22.1 Å². The molecule has 0 amide bonds. The second-order valence-electron chi connectivity index (χ2n) is 3.46. The van der Waals surface area contributed by atoms with Crippen LogP contribution < -0.4 is 0 Å². The summed E-state index contributed by atoms with van der Waals surface area (Å²) in [7, 11) is -1.44. The molecule has 0 aliphatic rings. The maximum atomic E-state index is 12.3. The van der Waals surface area contributed by atoms with E-state index in [1.54, 1.807) is 13.0 Å². The quantitative estimate of drug-likeness (QED) is 0.872. The Morgan fingerprint density at radius 1 is 1.50 bits per heavy atom. The third-order valence-electron chi connectivity index (χ3n) is 2.15. The Kier molecular flexibility index (Phi) is 3.58. The van der Waals surface area contributed by atoms with Crippen LogP contribution in [0.2, 0.25) is 0 Å². The van der Waals surface area contributed by atoms with E-state index in [9.17, 15) is 17.4 Å². The molecule has 0 saturated carbocycles. The van der Waals surface area contributed by atoms with Crippen molar-refractivity contribution in [2.45, 2.75) is 23.7 Å². The number of hydrogen-bond donors (Lipinski definition) is 0. The minimum atomic E-state index is -4.46. The lowest BCUT2D eigenvalue weighted by Crippen LogP contribution is -2.06. The van der Waals surface area contributed by atoms with Gasteiger partial charge in [0.2, 0.25) is 0 Å². The van der Waals surface area contributed by atoms with Crippen molar-refractivity contribution in [2.24, 2.45) is 0 Å². The molecule has 18 heavy (non-hydrogen) atoms. The number of aromatic nitrogens is 1. The summed E-state index contributed by atoms with van der Waals surface area (Å²) in [6.45, 7) is 1.65. The molecule has 2 heterocycles. The van der Waals surface area contributed by atoms with Gasteiger partial charge in [-0.3, -0.25) is 4.21 Å². The van der Waals surface area contributed by atoms with Gasteiger partial charge in [-0.25, -0.2) is 4.98 Å². The van der Waals surface area contributed by atoms with Gasteiger partial charge in [-0.1, -0.05) is 0 Å². The van der Waals surface area contributed by atoms with Crippen molar-refractivity contribution in [3.05, 3.63) is 34.2 Å². The van der Waals surface area contributed by atoms with E-state index in [-0.39, 0.29) is 10.8 Å². The van der Waals surface area contributed by atoms with E-state index in [1.807, 2.05) is 0 Å². The van der Waals surface area contributed by atoms with Crippen molar-refractivity contribution in [3.8, 4) is 0 Å². The topological polar surface area (TPSA) is 43.1 Å². The number of aryl methyl sites for hydroxylation is 1. The van der Waals surface area contributed by atoms with E-state index >= 15 is 0 Å². The molecule has 2 rings (SSSR count). The molecule has 0 aromatic carbocycles. The van der Waals surface area contributed by atoms with E-state index in [2.05, 4.69) is 4.98 Å². The fourth-order valence-corrected chi connectivity index (χ4v) is 3.51. The third kappa shape index (κ3) is 2.81. The number of rotatable bonds is 3. The van der Waals surface area contributed by atoms with Gasteiger partial charge in [-0.2, -0.15) is 13.2 Å². The first kappa shape index (κ1) is 13.3. The summed E-state index contributed by atoms with van der Waals surface area (Å²) in [5.41, 5.74) is -0.941. The van der Waals surface area contributed by atoms with Crippen LogP contribution in [0, 0.1) is 6.92 Å². The zero-order valence-electron chi connectivity index (χ0n) is 9.15. The molecule has 0 spiro atoms. The van der Waals surface area contributed by atoms with Crippen molar-refractivity contribution in [1.82, 2.24) is 4.98 Å².